The topological polar surface area (TPSA) is 89.5 Å². The fourth-order valence-corrected chi connectivity index (χ4v) is 5.03. The Morgan fingerprint density at radius 2 is 1.74 bits per heavy atom. The van der Waals surface area contributed by atoms with Gasteiger partial charge in [-0.25, -0.2) is 9.37 Å². The second-order valence-electron chi connectivity index (χ2n) is 9.04. The van der Waals surface area contributed by atoms with E-state index in [-0.39, 0.29) is 27.6 Å². The molecule has 0 spiro atoms. The molecule has 0 bridgehead atoms. The van der Waals surface area contributed by atoms with Gasteiger partial charge in [0.15, 0.2) is 11.6 Å². The molecule has 3 heterocycles. The van der Waals surface area contributed by atoms with Crippen LogP contribution in [0.5, 0.6) is 11.5 Å². The van der Waals surface area contributed by atoms with E-state index in [2.05, 4.69) is 25.2 Å². The van der Waals surface area contributed by atoms with Crippen LogP contribution in [0.3, 0.4) is 0 Å². The highest BCUT2D eigenvalue weighted by atomic mass is 35.5. The number of hydrogen-bond acceptors (Lipinski definition) is 7. The average Bonchev–Trinajstić information content (AvgIpc) is 2.95. The number of pyridine rings is 1. The monoisotopic (exact) mass is 535 g/mol. The maximum absolute atomic E-state index is 15.4. The standard InChI is InChI=1S/C28H27ClFN5O3/c1-37-20-14-21(38-2)25(30)23(24(20)29)18-7-8-19(27-26(18)31-10-11-32-27)28(36)34-22-9-6-17(15-33-22)16-35-12-4-3-5-13-35/h6-11,14-15H,3-5,12-13,16H2,1-2H3,(H,33,34,36). The van der Waals surface area contributed by atoms with Crippen molar-refractivity contribution < 1.29 is 18.7 Å². The molecule has 0 saturated carbocycles. The Kier molecular flexibility index (Phi) is 7.67. The number of aromatic nitrogens is 3. The molecule has 8 nitrogen and oxygen atoms in total. The number of hydrogen-bond donors (Lipinski definition) is 1. The number of piperidine rings is 1. The highest BCUT2D eigenvalue weighted by Gasteiger charge is 2.24. The molecule has 38 heavy (non-hydrogen) atoms. The number of nitrogens with zero attached hydrogens (tertiary/aromatic N) is 4. The second kappa shape index (κ2) is 11.3. The van der Waals surface area contributed by atoms with Gasteiger partial charge in [-0.3, -0.25) is 19.7 Å². The number of carbonyl (C=O) groups excluding carboxylic acids is 1. The molecular weight excluding hydrogens is 509 g/mol. The van der Waals surface area contributed by atoms with Crippen molar-refractivity contribution in [2.24, 2.45) is 0 Å². The summed E-state index contributed by atoms with van der Waals surface area (Å²) in [5.41, 5.74) is 2.36. The van der Waals surface area contributed by atoms with Crippen LogP contribution in [0.4, 0.5) is 10.2 Å². The Morgan fingerprint density at radius 3 is 2.42 bits per heavy atom. The van der Waals surface area contributed by atoms with Crippen molar-refractivity contribution in [2.45, 2.75) is 25.8 Å². The molecule has 2 aromatic carbocycles. The number of fused-ring (bicyclic) bond motifs is 1. The first-order chi connectivity index (χ1) is 18.5. The van der Waals surface area contributed by atoms with E-state index in [1.807, 2.05) is 6.07 Å². The van der Waals surface area contributed by atoms with Crippen LogP contribution >= 0.6 is 11.6 Å². The van der Waals surface area contributed by atoms with Gasteiger partial charge in [0.25, 0.3) is 5.91 Å². The number of likely N-dealkylation sites (tertiary alicyclic amines) is 1. The Hall–Kier alpha value is -3.82. The van der Waals surface area contributed by atoms with Crippen LogP contribution in [-0.2, 0) is 6.54 Å². The summed E-state index contributed by atoms with van der Waals surface area (Å²) in [4.78, 5) is 28.9. The molecule has 10 heteroatoms. The first-order valence-corrected chi connectivity index (χ1v) is 12.7. The fraction of sp³-hybridized carbons (Fsp3) is 0.286. The molecule has 0 radical (unpaired) electrons. The molecule has 0 aliphatic carbocycles. The lowest BCUT2D eigenvalue weighted by atomic mass is 9.99. The summed E-state index contributed by atoms with van der Waals surface area (Å²) in [6, 6.07) is 8.29. The van der Waals surface area contributed by atoms with E-state index in [0.717, 1.165) is 25.2 Å². The Labute approximate surface area is 224 Å². The summed E-state index contributed by atoms with van der Waals surface area (Å²) in [5.74, 6) is -0.446. The molecule has 1 saturated heterocycles. The van der Waals surface area contributed by atoms with Crippen molar-refractivity contribution in [3.05, 3.63) is 70.9 Å². The third kappa shape index (κ3) is 5.12. The number of halogens is 2. The van der Waals surface area contributed by atoms with Crippen LogP contribution < -0.4 is 14.8 Å². The molecule has 196 valence electrons. The van der Waals surface area contributed by atoms with E-state index in [0.29, 0.717) is 22.4 Å². The predicted octanol–water partition coefficient (Wildman–Crippen LogP) is 5.74. The lowest BCUT2D eigenvalue weighted by Crippen LogP contribution is -2.29. The largest absolute Gasteiger partial charge is 0.495 e. The van der Waals surface area contributed by atoms with Gasteiger partial charge in [0.2, 0.25) is 0 Å². The maximum Gasteiger partial charge on any atom is 0.259 e. The van der Waals surface area contributed by atoms with E-state index < -0.39 is 11.7 Å². The van der Waals surface area contributed by atoms with Crippen molar-refractivity contribution >= 4 is 34.4 Å². The molecule has 1 aliphatic heterocycles. The molecule has 0 atom stereocenters. The number of anilines is 1. The third-order valence-corrected chi connectivity index (χ3v) is 7.01. The lowest BCUT2D eigenvalue weighted by molar-refractivity contribution is 0.102. The summed E-state index contributed by atoms with van der Waals surface area (Å²) >= 11 is 6.50. The van der Waals surface area contributed by atoms with Gasteiger partial charge in [-0.2, -0.15) is 0 Å². The van der Waals surface area contributed by atoms with Crippen LogP contribution in [0.2, 0.25) is 5.02 Å². The zero-order valence-electron chi connectivity index (χ0n) is 21.1. The van der Waals surface area contributed by atoms with Crippen LogP contribution in [0.25, 0.3) is 22.2 Å². The van der Waals surface area contributed by atoms with E-state index in [1.165, 1.54) is 51.9 Å². The number of ether oxygens (including phenoxy) is 2. The summed E-state index contributed by atoms with van der Waals surface area (Å²) in [6.45, 7) is 3.04. The molecule has 1 amide bonds. The Balaban J connectivity index is 1.45. The van der Waals surface area contributed by atoms with E-state index in [9.17, 15) is 4.79 Å². The SMILES string of the molecule is COc1cc(OC)c(Cl)c(-c2ccc(C(=O)Nc3ccc(CN4CCCCC4)cn3)c3nccnc23)c1F. The van der Waals surface area contributed by atoms with Gasteiger partial charge < -0.3 is 14.8 Å². The van der Waals surface area contributed by atoms with Crippen LogP contribution in [0, 0.1) is 5.82 Å². The van der Waals surface area contributed by atoms with Crippen molar-refractivity contribution in [3.8, 4) is 22.6 Å². The Morgan fingerprint density at radius 1 is 1.00 bits per heavy atom. The van der Waals surface area contributed by atoms with E-state index >= 15 is 4.39 Å². The minimum atomic E-state index is -0.670. The number of nitrogens with one attached hydrogen (secondary N) is 1. The van der Waals surface area contributed by atoms with Crippen LogP contribution in [0.1, 0.15) is 35.2 Å². The Bertz CT molecular complexity index is 1450. The first-order valence-electron chi connectivity index (χ1n) is 12.3. The average molecular weight is 536 g/mol. The number of benzene rings is 2. The van der Waals surface area contributed by atoms with Gasteiger partial charge in [0.1, 0.15) is 17.1 Å². The summed E-state index contributed by atoms with van der Waals surface area (Å²) in [7, 11) is 2.79. The van der Waals surface area contributed by atoms with Gasteiger partial charge >= 0.3 is 0 Å². The third-order valence-electron chi connectivity index (χ3n) is 6.63. The van der Waals surface area contributed by atoms with Gasteiger partial charge in [0.05, 0.1) is 30.3 Å². The highest BCUT2D eigenvalue weighted by molar-refractivity contribution is 6.35. The first kappa shape index (κ1) is 25.8. The zero-order chi connectivity index (χ0) is 26.6. The maximum atomic E-state index is 15.4. The van der Waals surface area contributed by atoms with E-state index in [1.54, 1.807) is 24.4 Å². The van der Waals surface area contributed by atoms with Crippen LogP contribution in [0.15, 0.2) is 48.9 Å². The number of amides is 1. The lowest BCUT2D eigenvalue weighted by Gasteiger charge is -2.26. The quantitative estimate of drug-likeness (QED) is 0.323. The highest BCUT2D eigenvalue weighted by Crippen LogP contribution is 2.44. The number of carbonyl (C=O) groups is 1. The molecule has 5 rings (SSSR count). The second-order valence-corrected chi connectivity index (χ2v) is 9.42. The molecule has 4 aromatic rings. The summed E-state index contributed by atoms with van der Waals surface area (Å²) in [5, 5.41) is 2.89. The molecule has 1 N–H and O–H groups in total. The number of methoxy groups -OCH3 is 2. The minimum Gasteiger partial charge on any atom is -0.495 e. The normalized spacial score (nSPS) is 13.9. The molecular formula is C28H27ClFN5O3. The van der Waals surface area contributed by atoms with Crippen molar-refractivity contribution in [1.82, 2.24) is 19.9 Å². The van der Waals surface area contributed by atoms with Gasteiger partial charge in [-0.15, -0.1) is 0 Å². The van der Waals surface area contributed by atoms with Crippen molar-refractivity contribution in [1.29, 1.82) is 0 Å². The minimum absolute atomic E-state index is 0.0325. The molecule has 1 fully saturated rings. The molecule has 1 aliphatic rings. The summed E-state index contributed by atoms with van der Waals surface area (Å²) < 4.78 is 25.9. The predicted molar refractivity (Wildman–Crippen MR) is 144 cm³/mol. The van der Waals surface area contributed by atoms with Gasteiger partial charge in [0, 0.05) is 42.3 Å². The van der Waals surface area contributed by atoms with E-state index in [4.69, 9.17) is 21.1 Å². The molecule has 0 unspecified atom stereocenters. The van der Waals surface area contributed by atoms with Crippen molar-refractivity contribution in [2.75, 3.05) is 32.6 Å². The number of rotatable bonds is 7. The smallest absolute Gasteiger partial charge is 0.259 e. The van der Waals surface area contributed by atoms with Crippen molar-refractivity contribution in [3.63, 3.8) is 0 Å². The van der Waals surface area contributed by atoms with Crippen LogP contribution in [-0.4, -0.2) is 53.1 Å². The molecule has 2 aromatic heterocycles. The van der Waals surface area contributed by atoms with Gasteiger partial charge in [-0.05, 0) is 43.6 Å². The van der Waals surface area contributed by atoms with Gasteiger partial charge in [-0.1, -0.05) is 30.2 Å². The zero-order valence-corrected chi connectivity index (χ0v) is 21.9. The summed E-state index contributed by atoms with van der Waals surface area (Å²) in [6.07, 6.45) is 8.46. The fourth-order valence-electron chi connectivity index (χ4n) is 4.72.